The molecule has 4 nitrogen and oxygen atoms in total. The number of ether oxygens (including phenoxy) is 1. The van der Waals surface area contributed by atoms with Crippen LogP contribution >= 0.6 is 0 Å². The number of phenolic OH excluding ortho intramolecular Hbond substituents is 2. The van der Waals surface area contributed by atoms with Gasteiger partial charge in [0.05, 0.1) is 13.2 Å². The Balaban J connectivity index is 1.90. The summed E-state index contributed by atoms with van der Waals surface area (Å²) in [7, 11) is 0. The lowest BCUT2D eigenvalue weighted by Gasteiger charge is -2.27. The molecule has 0 saturated carbocycles. The number of hydrogen-bond donors (Lipinski definition) is 2. The summed E-state index contributed by atoms with van der Waals surface area (Å²) in [5.74, 6) is 0.535. The number of morpholine rings is 1. The first-order chi connectivity index (χ1) is 10.2. The first-order valence-corrected chi connectivity index (χ1v) is 7.14. The van der Waals surface area contributed by atoms with Crippen LogP contribution in [0.25, 0.3) is 11.1 Å². The summed E-state index contributed by atoms with van der Waals surface area (Å²) in [4.78, 5) is 2.32. The van der Waals surface area contributed by atoms with Crippen LogP contribution in [-0.2, 0) is 11.3 Å². The highest BCUT2D eigenvalue weighted by Crippen LogP contribution is 2.29. The summed E-state index contributed by atoms with van der Waals surface area (Å²) >= 11 is 0. The minimum absolute atomic E-state index is 0.257. The molecule has 4 heteroatoms. The van der Waals surface area contributed by atoms with Gasteiger partial charge in [0.15, 0.2) is 0 Å². The quantitative estimate of drug-likeness (QED) is 0.910. The summed E-state index contributed by atoms with van der Waals surface area (Å²) in [6, 6.07) is 12.6. The van der Waals surface area contributed by atoms with Crippen molar-refractivity contribution in [2.45, 2.75) is 6.54 Å². The molecular formula is C17H19NO3. The molecule has 0 radical (unpaired) electrons. The molecule has 0 aliphatic carbocycles. The van der Waals surface area contributed by atoms with Gasteiger partial charge >= 0.3 is 0 Å². The number of aromatic hydroxyl groups is 2. The van der Waals surface area contributed by atoms with Crippen LogP contribution in [0.5, 0.6) is 11.5 Å². The van der Waals surface area contributed by atoms with Crippen molar-refractivity contribution in [1.29, 1.82) is 0 Å². The molecule has 1 heterocycles. The molecule has 2 aromatic carbocycles. The second kappa shape index (κ2) is 6.16. The molecule has 1 saturated heterocycles. The van der Waals surface area contributed by atoms with E-state index in [1.807, 2.05) is 24.3 Å². The molecule has 110 valence electrons. The molecule has 21 heavy (non-hydrogen) atoms. The van der Waals surface area contributed by atoms with Crippen molar-refractivity contribution in [2.75, 3.05) is 26.3 Å². The fourth-order valence-electron chi connectivity index (χ4n) is 2.63. The van der Waals surface area contributed by atoms with E-state index in [0.717, 1.165) is 49.5 Å². The van der Waals surface area contributed by atoms with Crippen molar-refractivity contribution >= 4 is 0 Å². The van der Waals surface area contributed by atoms with Gasteiger partial charge in [-0.15, -0.1) is 0 Å². The van der Waals surface area contributed by atoms with Crippen molar-refractivity contribution < 1.29 is 14.9 Å². The lowest BCUT2D eigenvalue weighted by atomic mass is 9.98. The highest BCUT2D eigenvalue weighted by Gasteiger charge is 2.14. The summed E-state index contributed by atoms with van der Waals surface area (Å²) in [6.45, 7) is 4.12. The molecule has 1 aliphatic heterocycles. The van der Waals surface area contributed by atoms with E-state index in [-0.39, 0.29) is 11.5 Å². The minimum atomic E-state index is 0.257. The Morgan fingerprint density at radius 2 is 1.57 bits per heavy atom. The lowest BCUT2D eigenvalue weighted by molar-refractivity contribution is 0.0342. The Labute approximate surface area is 124 Å². The Bertz CT molecular complexity index is 604. The monoisotopic (exact) mass is 285 g/mol. The zero-order valence-electron chi connectivity index (χ0n) is 11.8. The Morgan fingerprint density at radius 1 is 0.905 bits per heavy atom. The van der Waals surface area contributed by atoms with E-state index in [9.17, 15) is 10.2 Å². The van der Waals surface area contributed by atoms with Crippen LogP contribution in [0, 0.1) is 0 Å². The minimum Gasteiger partial charge on any atom is -0.508 e. The SMILES string of the molecule is Oc1ccc(-c2ccc(O)cc2CN2CCOCC2)cc1. The van der Waals surface area contributed by atoms with Crippen molar-refractivity contribution in [2.24, 2.45) is 0 Å². The van der Waals surface area contributed by atoms with E-state index in [0.29, 0.717) is 0 Å². The van der Waals surface area contributed by atoms with Gasteiger partial charge in [0, 0.05) is 19.6 Å². The molecule has 1 fully saturated rings. The van der Waals surface area contributed by atoms with Crippen molar-refractivity contribution in [1.82, 2.24) is 4.90 Å². The number of benzene rings is 2. The van der Waals surface area contributed by atoms with E-state index < -0.39 is 0 Å². The number of rotatable bonds is 3. The lowest BCUT2D eigenvalue weighted by Crippen LogP contribution is -2.35. The van der Waals surface area contributed by atoms with Crippen LogP contribution in [0.4, 0.5) is 0 Å². The average molecular weight is 285 g/mol. The molecule has 0 amide bonds. The third-order valence-corrected chi connectivity index (χ3v) is 3.76. The zero-order valence-corrected chi connectivity index (χ0v) is 11.8. The maximum absolute atomic E-state index is 9.77. The van der Waals surface area contributed by atoms with Gasteiger partial charge in [0.25, 0.3) is 0 Å². The largest absolute Gasteiger partial charge is 0.508 e. The number of phenols is 2. The van der Waals surface area contributed by atoms with E-state index in [4.69, 9.17) is 4.74 Å². The van der Waals surface area contributed by atoms with E-state index in [1.165, 1.54) is 0 Å². The van der Waals surface area contributed by atoms with E-state index in [2.05, 4.69) is 4.90 Å². The topological polar surface area (TPSA) is 52.9 Å². The Morgan fingerprint density at radius 3 is 2.29 bits per heavy atom. The molecule has 3 rings (SSSR count). The van der Waals surface area contributed by atoms with Crippen molar-refractivity contribution in [3.05, 3.63) is 48.0 Å². The molecule has 0 atom stereocenters. The highest BCUT2D eigenvalue weighted by molar-refractivity contribution is 5.69. The molecular weight excluding hydrogens is 266 g/mol. The van der Waals surface area contributed by atoms with Gasteiger partial charge in [-0.2, -0.15) is 0 Å². The third kappa shape index (κ3) is 3.35. The summed E-state index contributed by atoms with van der Waals surface area (Å²) in [5, 5.41) is 19.2. The van der Waals surface area contributed by atoms with Gasteiger partial charge in [0.1, 0.15) is 11.5 Å². The Kier molecular flexibility index (Phi) is 4.08. The summed E-state index contributed by atoms with van der Waals surface area (Å²) < 4.78 is 5.37. The average Bonchev–Trinajstić information content (AvgIpc) is 2.50. The van der Waals surface area contributed by atoms with Gasteiger partial charge in [-0.3, -0.25) is 4.90 Å². The maximum Gasteiger partial charge on any atom is 0.115 e. The predicted molar refractivity (Wildman–Crippen MR) is 81.3 cm³/mol. The number of nitrogens with zero attached hydrogens (tertiary/aromatic N) is 1. The van der Waals surface area contributed by atoms with E-state index in [1.54, 1.807) is 18.2 Å². The normalized spacial score (nSPS) is 16.0. The zero-order chi connectivity index (χ0) is 14.7. The van der Waals surface area contributed by atoms with Crippen LogP contribution in [0.3, 0.4) is 0 Å². The maximum atomic E-state index is 9.77. The molecule has 0 bridgehead atoms. The molecule has 0 unspecified atom stereocenters. The fourth-order valence-corrected chi connectivity index (χ4v) is 2.63. The predicted octanol–water partition coefficient (Wildman–Crippen LogP) is 2.60. The molecule has 1 aliphatic rings. The van der Waals surface area contributed by atoms with Gasteiger partial charge in [-0.25, -0.2) is 0 Å². The summed E-state index contributed by atoms with van der Waals surface area (Å²) in [5.41, 5.74) is 3.21. The molecule has 2 N–H and O–H groups in total. The first kappa shape index (κ1) is 13.9. The Hall–Kier alpha value is -2.04. The highest BCUT2D eigenvalue weighted by atomic mass is 16.5. The molecule has 2 aromatic rings. The second-order valence-electron chi connectivity index (χ2n) is 5.28. The van der Waals surface area contributed by atoms with Crippen molar-refractivity contribution in [3.63, 3.8) is 0 Å². The van der Waals surface area contributed by atoms with Crippen molar-refractivity contribution in [3.8, 4) is 22.6 Å². The van der Waals surface area contributed by atoms with Crippen LogP contribution in [0.15, 0.2) is 42.5 Å². The van der Waals surface area contributed by atoms with Gasteiger partial charge in [-0.1, -0.05) is 18.2 Å². The van der Waals surface area contributed by atoms with Crippen LogP contribution in [-0.4, -0.2) is 41.4 Å². The first-order valence-electron chi connectivity index (χ1n) is 7.14. The molecule has 0 aromatic heterocycles. The fraction of sp³-hybridized carbons (Fsp3) is 0.294. The van der Waals surface area contributed by atoms with Gasteiger partial charge in [0.2, 0.25) is 0 Å². The molecule has 0 spiro atoms. The van der Waals surface area contributed by atoms with Gasteiger partial charge in [-0.05, 0) is 41.0 Å². The van der Waals surface area contributed by atoms with Crippen LogP contribution in [0.2, 0.25) is 0 Å². The standard InChI is InChI=1S/C17H19NO3/c19-15-3-1-13(2-4-15)17-6-5-16(20)11-14(17)12-18-7-9-21-10-8-18/h1-6,11,19-20H,7-10,12H2. The second-order valence-corrected chi connectivity index (χ2v) is 5.28. The van der Waals surface area contributed by atoms with Gasteiger partial charge < -0.3 is 14.9 Å². The van der Waals surface area contributed by atoms with E-state index >= 15 is 0 Å². The third-order valence-electron chi connectivity index (χ3n) is 3.76. The smallest absolute Gasteiger partial charge is 0.115 e. The number of hydrogen-bond acceptors (Lipinski definition) is 4. The van der Waals surface area contributed by atoms with Crippen LogP contribution < -0.4 is 0 Å². The van der Waals surface area contributed by atoms with Crippen LogP contribution in [0.1, 0.15) is 5.56 Å². The summed E-state index contributed by atoms with van der Waals surface area (Å²) in [6.07, 6.45) is 0.